The first-order valence-corrected chi connectivity index (χ1v) is 9.50. The molecule has 5 nitrogen and oxygen atoms in total. The van der Waals surface area contributed by atoms with Crippen molar-refractivity contribution in [2.24, 2.45) is 0 Å². The van der Waals surface area contributed by atoms with E-state index in [0.717, 1.165) is 6.07 Å². The summed E-state index contributed by atoms with van der Waals surface area (Å²) in [5.74, 6) is -0.767. The van der Waals surface area contributed by atoms with Gasteiger partial charge in [0.2, 0.25) is 10.0 Å². The monoisotopic (exact) mass is 382 g/mol. The highest BCUT2D eigenvalue weighted by molar-refractivity contribution is 7.89. The fourth-order valence-electron chi connectivity index (χ4n) is 2.68. The van der Waals surface area contributed by atoms with Gasteiger partial charge in [-0.3, -0.25) is 4.79 Å². The van der Waals surface area contributed by atoms with Gasteiger partial charge >= 0.3 is 0 Å². The maximum atomic E-state index is 13.3. The Kier molecular flexibility index (Phi) is 5.08. The Morgan fingerprint density at radius 3 is 2.24 bits per heavy atom. The molecule has 132 valence electrons. The lowest BCUT2D eigenvalue weighted by molar-refractivity contribution is 0.0698. The Morgan fingerprint density at radius 2 is 1.64 bits per heavy atom. The van der Waals surface area contributed by atoms with E-state index in [-0.39, 0.29) is 37.0 Å². The van der Waals surface area contributed by atoms with Crippen molar-refractivity contribution in [2.45, 2.75) is 4.90 Å². The topological polar surface area (TPSA) is 57.7 Å². The molecule has 1 fully saturated rings. The third-order valence-electron chi connectivity index (χ3n) is 4.05. The van der Waals surface area contributed by atoms with E-state index in [1.807, 2.05) is 0 Å². The molecule has 0 unspecified atom stereocenters. The van der Waals surface area contributed by atoms with Crippen molar-refractivity contribution in [1.82, 2.24) is 9.21 Å². The number of hydrogen-bond acceptors (Lipinski definition) is 3. The molecule has 3 rings (SSSR count). The average Bonchev–Trinajstić information content (AvgIpc) is 2.62. The Morgan fingerprint density at radius 1 is 1.00 bits per heavy atom. The van der Waals surface area contributed by atoms with Crippen molar-refractivity contribution in [1.29, 1.82) is 0 Å². The molecule has 0 spiro atoms. The van der Waals surface area contributed by atoms with Crippen LogP contribution in [0.2, 0.25) is 5.02 Å². The molecule has 0 atom stereocenters. The van der Waals surface area contributed by atoms with Crippen LogP contribution in [0.25, 0.3) is 0 Å². The first-order valence-electron chi connectivity index (χ1n) is 7.68. The van der Waals surface area contributed by atoms with Crippen LogP contribution in [0, 0.1) is 5.82 Å². The summed E-state index contributed by atoms with van der Waals surface area (Å²) in [5.41, 5.74) is 0.505. The van der Waals surface area contributed by atoms with Crippen molar-refractivity contribution in [3.8, 4) is 0 Å². The molecule has 0 saturated carbocycles. The number of rotatable bonds is 3. The fourth-order valence-corrected chi connectivity index (χ4v) is 4.26. The number of sulfonamides is 1. The van der Waals surface area contributed by atoms with E-state index in [4.69, 9.17) is 11.6 Å². The van der Waals surface area contributed by atoms with E-state index in [9.17, 15) is 17.6 Å². The molecule has 1 amide bonds. The third-order valence-corrected chi connectivity index (χ3v) is 6.20. The van der Waals surface area contributed by atoms with Crippen LogP contribution in [0.5, 0.6) is 0 Å². The molecule has 1 heterocycles. The molecule has 1 aliphatic heterocycles. The van der Waals surface area contributed by atoms with Gasteiger partial charge in [-0.1, -0.05) is 17.7 Å². The van der Waals surface area contributed by atoms with Crippen LogP contribution in [-0.4, -0.2) is 49.7 Å². The first-order chi connectivity index (χ1) is 11.9. The SMILES string of the molecule is O=C(c1ccc(Cl)cc1)N1CCN(S(=O)(=O)c2cccc(F)c2)CC1. The van der Waals surface area contributed by atoms with Crippen molar-refractivity contribution >= 4 is 27.5 Å². The summed E-state index contributed by atoms with van der Waals surface area (Å²) in [4.78, 5) is 14.0. The largest absolute Gasteiger partial charge is 0.336 e. The van der Waals surface area contributed by atoms with E-state index < -0.39 is 15.8 Å². The molecule has 1 saturated heterocycles. The Hall–Kier alpha value is -1.96. The molecule has 0 aliphatic carbocycles. The Balaban J connectivity index is 1.69. The second kappa shape index (κ2) is 7.11. The number of nitrogens with zero attached hydrogens (tertiary/aromatic N) is 2. The van der Waals surface area contributed by atoms with E-state index >= 15 is 0 Å². The summed E-state index contributed by atoms with van der Waals surface area (Å²) in [6.07, 6.45) is 0. The third kappa shape index (κ3) is 3.84. The molecule has 2 aromatic carbocycles. The highest BCUT2D eigenvalue weighted by Gasteiger charge is 2.30. The van der Waals surface area contributed by atoms with Gasteiger partial charge in [0.15, 0.2) is 0 Å². The van der Waals surface area contributed by atoms with Crippen molar-refractivity contribution < 1.29 is 17.6 Å². The Labute approximate surface area is 150 Å². The normalized spacial score (nSPS) is 16.0. The lowest BCUT2D eigenvalue weighted by atomic mass is 10.2. The number of halogens is 2. The number of benzene rings is 2. The summed E-state index contributed by atoms with van der Waals surface area (Å²) < 4.78 is 39.7. The maximum absolute atomic E-state index is 13.3. The molecule has 0 N–H and O–H groups in total. The first kappa shape index (κ1) is 17.8. The number of carbonyl (C=O) groups is 1. The van der Waals surface area contributed by atoms with Gasteiger partial charge in [-0.2, -0.15) is 4.31 Å². The summed E-state index contributed by atoms with van der Waals surface area (Å²) >= 11 is 5.82. The molecule has 0 radical (unpaired) electrons. The predicted molar refractivity (Wildman–Crippen MR) is 92.5 cm³/mol. The van der Waals surface area contributed by atoms with E-state index in [1.165, 1.54) is 22.5 Å². The average molecular weight is 383 g/mol. The van der Waals surface area contributed by atoms with Crippen molar-refractivity contribution in [3.05, 3.63) is 64.9 Å². The molecule has 8 heteroatoms. The minimum Gasteiger partial charge on any atom is -0.336 e. The smallest absolute Gasteiger partial charge is 0.253 e. The number of amides is 1. The highest BCUT2D eigenvalue weighted by atomic mass is 35.5. The zero-order valence-corrected chi connectivity index (χ0v) is 14.8. The van der Waals surface area contributed by atoms with Crippen LogP contribution in [0.4, 0.5) is 4.39 Å². The number of carbonyl (C=O) groups excluding carboxylic acids is 1. The molecule has 0 aromatic heterocycles. The second-order valence-corrected chi connectivity index (χ2v) is 8.03. The van der Waals surface area contributed by atoms with Crippen LogP contribution in [-0.2, 0) is 10.0 Å². The second-order valence-electron chi connectivity index (χ2n) is 5.66. The summed E-state index contributed by atoms with van der Waals surface area (Å²) in [5, 5.41) is 0.544. The van der Waals surface area contributed by atoms with Crippen LogP contribution in [0.15, 0.2) is 53.4 Å². The van der Waals surface area contributed by atoms with Gasteiger partial charge < -0.3 is 4.90 Å². The summed E-state index contributed by atoms with van der Waals surface area (Å²) in [6, 6.07) is 11.5. The van der Waals surface area contributed by atoms with Crippen molar-refractivity contribution in [2.75, 3.05) is 26.2 Å². The van der Waals surface area contributed by atoms with E-state index in [0.29, 0.717) is 10.6 Å². The lowest BCUT2D eigenvalue weighted by Crippen LogP contribution is -2.50. The van der Waals surface area contributed by atoms with E-state index in [1.54, 1.807) is 29.2 Å². The molecular formula is C17H16ClFN2O3S. The highest BCUT2D eigenvalue weighted by Crippen LogP contribution is 2.19. The Bertz CT molecular complexity index is 879. The lowest BCUT2D eigenvalue weighted by Gasteiger charge is -2.34. The number of hydrogen-bond donors (Lipinski definition) is 0. The molecule has 25 heavy (non-hydrogen) atoms. The molecular weight excluding hydrogens is 367 g/mol. The van der Waals surface area contributed by atoms with Crippen LogP contribution in [0.1, 0.15) is 10.4 Å². The van der Waals surface area contributed by atoms with Crippen LogP contribution >= 0.6 is 11.6 Å². The quantitative estimate of drug-likeness (QED) is 0.820. The van der Waals surface area contributed by atoms with Gasteiger partial charge in [-0.15, -0.1) is 0 Å². The van der Waals surface area contributed by atoms with Crippen molar-refractivity contribution in [3.63, 3.8) is 0 Å². The van der Waals surface area contributed by atoms with Gasteiger partial charge in [-0.05, 0) is 42.5 Å². The molecule has 2 aromatic rings. The summed E-state index contributed by atoms with van der Waals surface area (Å²) in [7, 11) is -3.77. The maximum Gasteiger partial charge on any atom is 0.253 e. The number of piperazine rings is 1. The van der Waals surface area contributed by atoms with Gasteiger partial charge in [0.1, 0.15) is 5.82 Å². The minimum absolute atomic E-state index is 0.0787. The van der Waals surface area contributed by atoms with Gasteiger partial charge in [-0.25, -0.2) is 12.8 Å². The minimum atomic E-state index is -3.77. The van der Waals surface area contributed by atoms with Gasteiger partial charge in [0.05, 0.1) is 4.90 Å². The zero-order chi connectivity index (χ0) is 18.0. The van der Waals surface area contributed by atoms with Gasteiger partial charge in [0.25, 0.3) is 5.91 Å². The van der Waals surface area contributed by atoms with E-state index in [2.05, 4.69) is 0 Å². The van der Waals surface area contributed by atoms with Crippen LogP contribution in [0.3, 0.4) is 0 Å². The summed E-state index contributed by atoms with van der Waals surface area (Å²) in [6.45, 7) is 0.877. The standard InChI is InChI=1S/C17H16ClFN2O3S/c18-14-6-4-13(5-7-14)17(22)20-8-10-21(11-9-20)25(23,24)16-3-1-2-15(19)12-16/h1-7,12H,8-11H2. The van der Waals surface area contributed by atoms with Gasteiger partial charge in [0, 0.05) is 36.8 Å². The fraction of sp³-hybridized carbons (Fsp3) is 0.235. The zero-order valence-electron chi connectivity index (χ0n) is 13.2. The van der Waals surface area contributed by atoms with Crippen LogP contribution < -0.4 is 0 Å². The molecule has 1 aliphatic rings. The molecule has 0 bridgehead atoms. The predicted octanol–water partition coefficient (Wildman–Crippen LogP) is 2.63.